The summed E-state index contributed by atoms with van der Waals surface area (Å²) in [5.41, 5.74) is 1.97. The standard InChI is InChI=1S/C23H22N2O5/c26-21(19-14-6-7-15(10-14)20(19)23(29)30)25-18-11-16(22(27)28)8-9-17(18)24-12-13-4-2-1-3-5-13/h1-9,11,14-15,19-20,24H,10,12H2,(H,25,26)(H,27,28)(H,29,30)/t14-,15-,19+,20-/m0/s1. The molecule has 0 aromatic heterocycles. The molecule has 1 fully saturated rings. The molecule has 2 aromatic rings. The van der Waals surface area contributed by atoms with Gasteiger partial charge in [0, 0.05) is 6.54 Å². The van der Waals surface area contributed by atoms with Crippen molar-refractivity contribution >= 4 is 29.2 Å². The molecule has 1 amide bonds. The summed E-state index contributed by atoms with van der Waals surface area (Å²) in [7, 11) is 0. The topological polar surface area (TPSA) is 116 Å². The molecule has 2 aliphatic carbocycles. The van der Waals surface area contributed by atoms with Crippen LogP contribution in [0.4, 0.5) is 11.4 Å². The number of rotatable bonds is 7. The number of benzene rings is 2. The molecule has 4 rings (SSSR count). The summed E-state index contributed by atoms with van der Waals surface area (Å²) in [5, 5.41) is 24.9. The number of hydrogen-bond donors (Lipinski definition) is 4. The molecule has 0 spiro atoms. The number of aromatic carboxylic acids is 1. The van der Waals surface area contributed by atoms with Crippen molar-refractivity contribution in [3.05, 3.63) is 71.8 Å². The summed E-state index contributed by atoms with van der Waals surface area (Å²) in [6.07, 6.45) is 4.45. The molecular weight excluding hydrogens is 384 g/mol. The van der Waals surface area contributed by atoms with E-state index >= 15 is 0 Å². The van der Waals surface area contributed by atoms with E-state index in [0.717, 1.165) is 5.56 Å². The van der Waals surface area contributed by atoms with E-state index in [0.29, 0.717) is 24.3 Å². The Labute approximate surface area is 173 Å². The van der Waals surface area contributed by atoms with Crippen LogP contribution < -0.4 is 10.6 Å². The van der Waals surface area contributed by atoms with Crippen molar-refractivity contribution in [2.24, 2.45) is 23.7 Å². The van der Waals surface area contributed by atoms with Crippen LogP contribution >= 0.6 is 0 Å². The Morgan fingerprint density at radius 1 is 0.900 bits per heavy atom. The summed E-state index contributed by atoms with van der Waals surface area (Å²) in [5.74, 6) is -4.16. The molecule has 1 saturated carbocycles. The van der Waals surface area contributed by atoms with Crippen molar-refractivity contribution in [3.8, 4) is 0 Å². The van der Waals surface area contributed by atoms with Crippen LogP contribution in [0.3, 0.4) is 0 Å². The Balaban J connectivity index is 1.57. The largest absolute Gasteiger partial charge is 0.481 e. The lowest BCUT2D eigenvalue weighted by molar-refractivity contribution is -0.146. The molecule has 0 heterocycles. The molecule has 0 aliphatic heterocycles. The Kier molecular flexibility index (Phi) is 5.27. The summed E-state index contributed by atoms with van der Waals surface area (Å²) >= 11 is 0. The van der Waals surface area contributed by atoms with Crippen LogP contribution in [0, 0.1) is 23.7 Å². The number of aliphatic carboxylic acids is 1. The van der Waals surface area contributed by atoms with Gasteiger partial charge in [0.05, 0.1) is 28.8 Å². The molecule has 2 aromatic carbocycles. The highest BCUT2D eigenvalue weighted by Crippen LogP contribution is 2.48. The number of fused-ring (bicyclic) bond motifs is 2. The number of hydrogen-bond acceptors (Lipinski definition) is 4. The molecular formula is C23H22N2O5. The second kappa shape index (κ2) is 8.02. The van der Waals surface area contributed by atoms with Gasteiger partial charge in [0.15, 0.2) is 0 Å². The highest BCUT2D eigenvalue weighted by Gasteiger charge is 2.51. The van der Waals surface area contributed by atoms with E-state index in [1.807, 2.05) is 42.5 Å². The smallest absolute Gasteiger partial charge is 0.335 e. The molecule has 30 heavy (non-hydrogen) atoms. The number of carboxylic acid groups (broad SMARTS) is 2. The highest BCUT2D eigenvalue weighted by molar-refractivity contribution is 6.00. The Morgan fingerprint density at radius 3 is 2.27 bits per heavy atom. The van der Waals surface area contributed by atoms with Gasteiger partial charge in [-0.15, -0.1) is 0 Å². The zero-order valence-electron chi connectivity index (χ0n) is 16.1. The predicted molar refractivity (Wildman–Crippen MR) is 111 cm³/mol. The molecule has 154 valence electrons. The van der Waals surface area contributed by atoms with Crippen LogP contribution in [-0.2, 0) is 16.1 Å². The molecule has 7 nitrogen and oxygen atoms in total. The molecule has 0 saturated heterocycles. The number of allylic oxidation sites excluding steroid dienone is 2. The first kappa shape index (κ1) is 19.7. The summed E-state index contributed by atoms with van der Waals surface area (Å²) in [6.45, 7) is 0.491. The third kappa shape index (κ3) is 3.78. The van der Waals surface area contributed by atoms with Gasteiger partial charge < -0.3 is 20.8 Å². The fourth-order valence-electron chi connectivity index (χ4n) is 4.46. The van der Waals surface area contributed by atoms with E-state index in [9.17, 15) is 24.6 Å². The van der Waals surface area contributed by atoms with Crippen molar-refractivity contribution < 1.29 is 24.6 Å². The Hall–Kier alpha value is -3.61. The van der Waals surface area contributed by atoms with E-state index in [2.05, 4.69) is 10.6 Å². The average Bonchev–Trinajstić information content (AvgIpc) is 3.35. The van der Waals surface area contributed by atoms with Gasteiger partial charge in [0.25, 0.3) is 0 Å². The fraction of sp³-hybridized carbons (Fsp3) is 0.261. The minimum atomic E-state index is -1.11. The number of carbonyl (C=O) groups is 3. The molecule has 7 heteroatoms. The Morgan fingerprint density at radius 2 is 1.60 bits per heavy atom. The van der Waals surface area contributed by atoms with E-state index in [4.69, 9.17) is 0 Å². The Bertz CT molecular complexity index is 1020. The normalized spacial score (nSPS) is 23.9. The third-order valence-corrected chi connectivity index (χ3v) is 5.90. The van der Waals surface area contributed by atoms with E-state index in [-0.39, 0.29) is 17.4 Å². The van der Waals surface area contributed by atoms with Crippen molar-refractivity contribution in [1.82, 2.24) is 0 Å². The van der Waals surface area contributed by atoms with Gasteiger partial charge in [-0.2, -0.15) is 0 Å². The van der Waals surface area contributed by atoms with Gasteiger partial charge in [-0.05, 0) is 42.0 Å². The lowest BCUT2D eigenvalue weighted by Crippen LogP contribution is -2.36. The van der Waals surface area contributed by atoms with Crippen molar-refractivity contribution in [1.29, 1.82) is 0 Å². The molecule has 4 atom stereocenters. The lowest BCUT2D eigenvalue weighted by Gasteiger charge is -2.24. The first-order chi connectivity index (χ1) is 14.4. The number of anilines is 2. The molecule has 2 bridgehead atoms. The SMILES string of the molecule is O=C(O)c1ccc(NCc2ccccc2)c(NC(=O)[C@H]2[C@@H](C(=O)O)[C@H]3C=C[C@H]2C3)c1. The number of carboxylic acids is 2. The van der Waals surface area contributed by atoms with Gasteiger partial charge in [0.1, 0.15) is 0 Å². The predicted octanol–water partition coefficient (Wildman–Crippen LogP) is 3.46. The quantitative estimate of drug-likeness (QED) is 0.524. The van der Waals surface area contributed by atoms with Crippen LogP contribution in [0.2, 0.25) is 0 Å². The summed E-state index contributed by atoms with van der Waals surface area (Å²) in [4.78, 5) is 36.2. The van der Waals surface area contributed by atoms with Crippen molar-refractivity contribution in [2.75, 3.05) is 10.6 Å². The van der Waals surface area contributed by atoms with Gasteiger partial charge in [-0.3, -0.25) is 9.59 Å². The third-order valence-electron chi connectivity index (χ3n) is 5.90. The average molecular weight is 406 g/mol. The second-order valence-electron chi connectivity index (χ2n) is 7.73. The van der Waals surface area contributed by atoms with Gasteiger partial charge in [0.2, 0.25) is 5.91 Å². The molecule has 4 N–H and O–H groups in total. The van der Waals surface area contributed by atoms with Crippen LogP contribution in [0.1, 0.15) is 22.3 Å². The molecule has 0 radical (unpaired) electrons. The van der Waals surface area contributed by atoms with Crippen molar-refractivity contribution in [3.63, 3.8) is 0 Å². The maximum absolute atomic E-state index is 13.0. The monoisotopic (exact) mass is 406 g/mol. The van der Waals surface area contributed by atoms with Gasteiger partial charge >= 0.3 is 11.9 Å². The highest BCUT2D eigenvalue weighted by atomic mass is 16.4. The minimum Gasteiger partial charge on any atom is -0.481 e. The first-order valence-electron chi connectivity index (χ1n) is 9.81. The van der Waals surface area contributed by atoms with Crippen molar-refractivity contribution in [2.45, 2.75) is 13.0 Å². The summed E-state index contributed by atoms with van der Waals surface area (Å²) in [6, 6.07) is 14.1. The maximum atomic E-state index is 13.0. The number of carbonyl (C=O) groups excluding carboxylic acids is 1. The summed E-state index contributed by atoms with van der Waals surface area (Å²) < 4.78 is 0. The number of nitrogens with one attached hydrogen (secondary N) is 2. The lowest BCUT2D eigenvalue weighted by atomic mass is 9.82. The second-order valence-corrected chi connectivity index (χ2v) is 7.73. The van der Waals surface area contributed by atoms with Crippen LogP contribution in [-0.4, -0.2) is 28.1 Å². The zero-order chi connectivity index (χ0) is 21.3. The van der Waals surface area contributed by atoms with E-state index in [1.54, 1.807) is 6.07 Å². The van der Waals surface area contributed by atoms with Gasteiger partial charge in [-0.1, -0.05) is 42.5 Å². The van der Waals surface area contributed by atoms with Crippen LogP contribution in [0.5, 0.6) is 0 Å². The number of amides is 1. The van der Waals surface area contributed by atoms with Crippen LogP contribution in [0.25, 0.3) is 0 Å². The molecule has 2 aliphatic rings. The molecule has 0 unspecified atom stereocenters. The van der Waals surface area contributed by atoms with E-state index < -0.39 is 29.7 Å². The maximum Gasteiger partial charge on any atom is 0.335 e. The van der Waals surface area contributed by atoms with Gasteiger partial charge in [-0.25, -0.2) is 4.79 Å². The fourth-order valence-corrected chi connectivity index (χ4v) is 4.46. The zero-order valence-corrected chi connectivity index (χ0v) is 16.1. The first-order valence-corrected chi connectivity index (χ1v) is 9.81. The minimum absolute atomic E-state index is 0.0400. The van der Waals surface area contributed by atoms with Crippen LogP contribution in [0.15, 0.2) is 60.7 Å². The van der Waals surface area contributed by atoms with E-state index in [1.165, 1.54) is 12.1 Å².